The largest absolute Gasteiger partial charge is 0.497 e. The van der Waals surface area contributed by atoms with Crippen LogP contribution in [0, 0.1) is 6.92 Å². The fraction of sp³-hybridized carbons (Fsp3) is 0.160. The van der Waals surface area contributed by atoms with Gasteiger partial charge in [0.1, 0.15) is 23.1 Å². The number of nitrogens with one attached hydrogen (secondary N) is 1. The number of hydrogen-bond donors (Lipinski definition) is 1. The number of rotatable bonds is 4. The van der Waals surface area contributed by atoms with E-state index in [4.69, 9.17) is 30.8 Å². The maximum atomic E-state index is 12.7. The number of benzene rings is 2. The van der Waals surface area contributed by atoms with E-state index in [1.807, 2.05) is 61.5 Å². The number of fused-ring (bicyclic) bond motifs is 2. The van der Waals surface area contributed by atoms with Gasteiger partial charge in [-0.05, 0) is 49.4 Å². The first-order chi connectivity index (χ1) is 16.5. The number of furan rings is 1. The van der Waals surface area contributed by atoms with Crippen molar-refractivity contribution >= 4 is 44.9 Å². The number of carbonyl (C=O) groups is 1. The summed E-state index contributed by atoms with van der Waals surface area (Å²) in [5.41, 5.74) is 3.48. The van der Waals surface area contributed by atoms with Crippen molar-refractivity contribution in [2.24, 2.45) is 0 Å². The molecule has 3 aromatic heterocycles. The predicted octanol–water partition coefficient (Wildman–Crippen LogP) is 6.19. The monoisotopic (exact) mass is 490 g/mol. The number of aromatic nitrogens is 3. The molecule has 1 amide bonds. The van der Waals surface area contributed by atoms with E-state index in [-0.39, 0.29) is 18.2 Å². The van der Waals surface area contributed by atoms with E-state index in [0.29, 0.717) is 27.5 Å². The third kappa shape index (κ3) is 3.46. The molecule has 2 aromatic carbocycles. The summed E-state index contributed by atoms with van der Waals surface area (Å²) in [5.74, 6) is 2.47. The highest BCUT2D eigenvalue weighted by Crippen LogP contribution is 2.42. The Morgan fingerprint density at radius 3 is 2.91 bits per heavy atom. The summed E-state index contributed by atoms with van der Waals surface area (Å²) in [6.07, 6.45) is 0.277. The molecular formula is C25H19ClN4O3S. The molecule has 1 unspecified atom stereocenters. The van der Waals surface area contributed by atoms with Crippen LogP contribution in [0.1, 0.15) is 29.4 Å². The van der Waals surface area contributed by atoms with Crippen LogP contribution in [0.15, 0.2) is 59.0 Å². The topological polar surface area (TPSA) is 82.2 Å². The standard InChI is InChI=1S/C25H19ClN4O3S/c1-13-23-17(20-9-8-19(33-20)14-4-3-5-15(26)10-14)12-22(31)28-24(23)30(29-13)25-27-18-7-6-16(32-2)11-21(18)34-25/h3-11,17H,12H2,1-2H3,(H,28,31). The lowest BCUT2D eigenvalue weighted by Gasteiger charge is -2.22. The fourth-order valence-electron chi connectivity index (χ4n) is 4.38. The number of halogens is 1. The zero-order valence-electron chi connectivity index (χ0n) is 18.3. The first kappa shape index (κ1) is 20.9. The Morgan fingerprint density at radius 2 is 2.09 bits per heavy atom. The average Bonchev–Trinajstić information content (AvgIpc) is 3.55. The molecule has 1 aliphatic heterocycles. The molecule has 0 saturated heterocycles. The van der Waals surface area contributed by atoms with Gasteiger partial charge in [0.05, 0.1) is 28.9 Å². The molecule has 0 saturated carbocycles. The average molecular weight is 491 g/mol. The molecule has 34 heavy (non-hydrogen) atoms. The van der Waals surface area contributed by atoms with Gasteiger partial charge in [-0.1, -0.05) is 35.1 Å². The smallest absolute Gasteiger partial charge is 0.226 e. The molecule has 5 aromatic rings. The van der Waals surface area contributed by atoms with Crippen LogP contribution >= 0.6 is 22.9 Å². The minimum atomic E-state index is -0.250. The van der Waals surface area contributed by atoms with Gasteiger partial charge in [-0.25, -0.2) is 4.98 Å². The first-order valence-electron chi connectivity index (χ1n) is 10.7. The SMILES string of the molecule is COc1ccc2nc(-n3nc(C)c4c3NC(=O)CC4c3ccc(-c4cccc(Cl)c4)o3)sc2c1. The number of carbonyl (C=O) groups excluding carboxylic acids is 1. The van der Waals surface area contributed by atoms with Crippen molar-refractivity contribution in [2.45, 2.75) is 19.3 Å². The van der Waals surface area contributed by atoms with Gasteiger partial charge in [-0.2, -0.15) is 9.78 Å². The quantitative estimate of drug-likeness (QED) is 0.325. The Bertz CT molecular complexity index is 1570. The number of aryl methyl sites for hydroxylation is 1. The summed E-state index contributed by atoms with van der Waals surface area (Å²) in [6.45, 7) is 1.94. The molecule has 4 heterocycles. The third-order valence-electron chi connectivity index (χ3n) is 5.95. The Morgan fingerprint density at radius 1 is 1.21 bits per heavy atom. The van der Waals surface area contributed by atoms with E-state index in [9.17, 15) is 4.79 Å². The fourth-order valence-corrected chi connectivity index (χ4v) is 5.52. The van der Waals surface area contributed by atoms with Crippen LogP contribution in [0.25, 0.3) is 26.7 Å². The summed E-state index contributed by atoms with van der Waals surface area (Å²) < 4.78 is 14.2. The number of anilines is 1. The van der Waals surface area contributed by atoms with Crippen molar-refractivity contribution in [3.63, 3.8) is 0 Å². The minimum Gasteiger partial charge on any atom is -0.497 e. The summed E-state index contributed by atoms with van der Waals surface area (Å²) >= 11 is 7.64. The van der Waals surface area contributed by atoms with Gasteiger partial charge in [-0.3, -0.25) is 4.79 Å². The predicted molar refractivity (Wildman–Crippen MR) is 132 cm³/mol. The lowest BCUT2D eigenvalue weighted by molar-refractivity contribution is -0.116. The zero-order chi connectivity index (χ0) is 23.4. The Kier molecular flexibility index (Phi) is 4.93. The van der Waals surface area contributed by atoms with Crippen molar-refractivity contribution in [1.82, 2.24) is 14.8 Å². The molecule has 0 spiro atoms. The van der Waals surface area contributed by atoms with Gasteiger partial charge in [0, 0.05) is 22.6 Å². The lowest BCUT2D eigenvalue weighted by atomic mass is 9.90. The number of ether oxygens (including phenoxy) is 1. The molecule has 0 aliphatic carbocycles. The van der Waals surface area contributed by atoms with Gasteiger partial charge < -0.3 is 14.5 Å². The summed E-state index contributed by atoms with van der Waals surface area (Å²) in [5, 5.41) is 9.06. The van der Waals surface area contributed by atoms with Crippen molar-refractivity contribution in [3.05, 3.63) is 76.6 Å². The van der Waals surface area contributed by atoms with Crippen molar-refractivity contribution in [2.75, 3.05) is 12.4 Å². The lowest BCUT2D eigenvalue weighted by Crippen LogP contribution is -2.24. The number of amides is 1. The maximum absolute atomic E-state index is 12.7. The van der Waals surface area contributed by atoms with Crippen LogP contribution < -0.4 is 10.1 Å². The maximum Gasteiger partial charge on any atom is 0.226 e. The molecule has 1 N–H and O–H groups in total. The van der Waals surface area contributed by atoms with E-state index in [2.05, 4.69) is 5.32 Å². The second-order valence-corrected chi connectivity index (χ2v) is 9.55. The summed E-state index contributed by atoms with van der Waals surface area (Å²) in [6, 6.07) is 17.1. The minimum absolute atomic E-state index is 0.0952. The number of methoxy groups -OCH3 is 1. The normalized spacial score (nSPS) is 15.4. The van der Waals surface area contributed by atoms with E-state index in [1.54, 1.807) is 11.8 Å². The molecular weight excluding hydrogens is 472 g/mol. The van der Waals surface area contributed by atoms with E-state index >= 15 is 0 Å². The van der Waals surface area contributed by atoms with Crippen LogP contribution in [0.4, 0.5) is 5.82 Å². The molecule has 0 fully saturated rings. The van der Waals surface area contributed by atoms with Gasteiger partial charge in [-0.15, -0.1) is 0 Å². The number of nitrogens with zero attached hydrogens (tertiary/aromatic N) is 3. The number of thiazole rings is 1. The molecule has 9 heteroatoms. The number of hydrogen-bond acceptors (Lipinski definition) is 6. The van der Waals surface area contributed by atoms with Crippen LogP contribution in [-0.4, -0.2) is 27.8 Å². The van der Waals surface area contributed by atoms with Crippen LogP contribution in [0.3, 0.4) is 0 Å². The molecule has 1 atom stereocenters. The third-order valence-corrected chi connectivity index (χ3v) is 7.18. The Labute approximate surface area is 203 Å². The highest BCUT2D eigenvalue weighted by Gasteiger charge is 2.35. The molecule has 1 aliphatic rings. The molecule has 6 rings (SSSR count). The summed E-state index contributed by atoms with van der Waals surface area (Å²) in [7, 11) is 1.64. The Hall–Kier alpha value is -3.62. The van der Waals surface area contributed by atoms with E-state index in [1.165, 1.54) is 11.3 Å². The van der Waals surface area contributed by atoms with Crippen LogP contribution in [-0.2, 0) is 4.79 Å². The van der Waals surface area contributed by atoms with Gasteiger partial charge in [0.15, 0.2) is 0 Å². The van der Waals surface area contributed by atoms with Gasteiger partial charge in [0.25, 0.3) is 0 Å². The highest BCUT2D eigenvalue weighted by atomic mass is 35.5. The van der Waals surface area contributed by atoms with Crippen molar-refractivity contribution < 1.29 is 13.9 Å². The second kappa shape index (κ2) is 8.00. The van der Waals surface area contributed by atoms with Crippen molar-refractivity contribution in [3.8, 4) is 22.2 Å². The first-order valence-corrected chi connectivity index (χ1v) is 11.9. The van der Waals surface area contributed by atoms with Crippen LogP contribution in [0.2, 0.25) is 5.02 Å². The molecule has 170 valence electrons. The summed E-state index contributed by atoms with van der Waals surface area (Å²) in [4.78, 5) is 17.5. The Balaban J connectivity index is 1.43. The molecule has 0 radical (unpaired) electrons. The molecule has 7 nitrogen and oxygen atoms in total. The van der Waals surface area contributed by atoms with Gasteiger partial charge >= 0.3 is 0 Å². The van der Waals surface area contributed by atoms with Crippen LogP contribution in [0.5, 0.6) is 5.75 Å². The molecule has 0 bridgehead atoms. The highest BCUT2D eigenvalue weighted by molar-refractivity contribution is 7.20. The van der Waals surface area contributed by atoms with E-state index < -0.39 is 0 Å². The van der Waals surface area contributed by atoms with E-state index in [0.717, 1.165) is 32.8 Å². The van der Waals surface area contributed by atoms with Crippen molar-refractivity contribution in [1.29, 1.82) is 0 Å². The van der Waals surface area contributed by atoms with Gasteiger partial charge in [0.2, 0.25) is 11.0 Å². The zero-order valence-corrected chi connectivity index (χ0v) is 19.9. The second-order valence-electron chi connectivity index (χ2n) is 8.11.